The third-order valence-electron chi connectivity index (χ3n) is 3.85. The van der Waals surface area contributed by atoms with Gasteiger partial charge < -0.3 is 20.5 Å². The van der Waals surface area contributed by atoms with E-state index in [1.807, 2.05) is 36.5 Å². The quantitative estimate of drug-likeness (QED) is 0.572. The molecule has 0 unspecified atom stereocenters. The number of nitrogens with one attached hydrogen (secondary N) is 1. The molecule has 1 aromatic heterocycles. The minimum atomic E-state index is -0.611. The monoisotopic (exact) mass is 392 g/mol. The van der Waals surface area contributed by atoms with E-state index in [1.165, 1.54) is 13.2 Å². The van der Waals surface area contributed by atoms with Crippen molar-refractivity contribution in [3.05, 3.63) is 72.6 Å². The van der Waals surface area contributed by atoms with Crippen molar-refractivity contribution in [2.24, 2.45) is 5.73 Å². The van der Waals surface area contributed by atoms with Gasteiger partial charge in [-0.25, -0.2) is 4.68 Å². The maximum Gasteiger partial charge on any atom is 0.255 e. The molecule has 0 saturated carbocycles. The van der Waals surface area contributed by atoms with Crippen LogP contribution in [0.4, 0.5) is 5.69 Å². The van der Waals surface area contributed by atoms with E-state index in [9.17, 15) is 9.59 Å². The van der Waals surface area contributed by atoms with Crippen LogP contribution in [0.15, 0.2) is 67.0 Å². The van der Waals surface area contributed by atoms with Crippen molar-refractivity contribution >= 4 is 23.6 Å². The first-order valence-corrected chi connectivity index (χ1v) is 8.73. The molecule has 0 atom stereocenters. The Morgan fingerprint density at radius 1 is 1.17 bits per heavy atom. The lowest BCUT2D eigenvalue weighted by molar-refractivity contribution is -0.120. The van der Waals surface area contributed by atoms with E-state index in [2.05, 4.69) is 10.4 Å². The summed E-state index contributed by atoms with van der Waals surface area (Å²) in [6.07, 6.45) is 6.55. The first kappa shape index (κ1) is 19.7. The van der Waals surface area contributed by atoms with Crippen LogP contribution in [0.3, 0.4) is 0 Å². The van der Waals surface area contributed by atoms with Crippen molar-refractivity contribution in [1.82, 2.24) is 9.78 Å². The van der Waals surface area contributed by atoms with Crippen molar-refractivity contribution in [3.8, 4) is 17.2 Å². The molecule has 0 spiro atoms. The van der Waals surface area contributed by atoms with Gasteiger partial charge >= 0.3 is 0 Å². The summed E-state index contributed by atoms with van der Waals surface area (Å²) in [6.45, 7) is -0.293. The van der Waals surface area contributed by atoms with Crippen LogP contribution in [0.1, 0.15) is 5.56 Å². The molecule has 2 aromatic carbocycles. The van der Waals surface area contributed by atoms with Gasteiger partial charge in [-0.15, -0.1) is 0 Å². The topological polar surface area (TPSA) is 108 Å². The zero-order valence-electron chi connectivity index (χ0n) is 15.7. The van der Waals surface area contributed by atoms with E-state index in [4.69, 9.17) is 15.2 Å². The molecule has 0 bridgehead atoms. The lowest BCUT2D eigenvalue weighted by Gasteiger charge is -2.11. The summed E-state index contributed by atoms with van der Waals surface area (Å²) in [7, 11) is 1.48. The molecule has 1 heterocycles. The number of primary amides is 1. The van der Waals surface area contributed by atoms with Crippen molar-refractivity contribution in [1.29, 1.82) is 0 Å². The average Bonchev–Trinajstić information content (AvgIpc) is 3.20. The number of amides is 2. The zero-order valence-corrected chi connectivity index (χ0v) is 15.7. The van der Waals surface area contributed by atoms with E-state index < -0.39 is 5.91 Å². The Balaban J connectivity index is 1.65. The second kappa shape index (κ2) is 9.23. The summed E-state index contributed by atoms with van der Waals surface area (Å²) in [5.74, 6) is -0.214. The number of ether oxygens (including phenoxy) is 2. The molecule has 3 aromatic rings. The highest BCUT2D eigenvalue weighted by atomic mass is 16.5. The van der Waals surface area contributed by atoms with Gasteiger partial charge in [0.1, 0.15) is 0 Å². The number of aromatic nitrogens is 2. The molecular weight excluding hydrogens is 372 g/mol. The molecule has 8 heteroatoms. The highest BCUT2D eigenvalue weighted by molar-refractivity contribution is 6.02. The van der Waals surface area contributed by atoms with Gasteiger partial charge in [0.2, 0.25) is 5.91 Å². The highest BCUT2D eigenvalue weighted by Crippen LogP contribution is 2.30. The second-order valence-electron chi connectivity index (χ2n) is 6.00. The minimum absolute atomic E-state index is 0.293. The highest BCUT2D eigenvalue weighted by Gasteiger charge is 2.08. The number of rotatable bonds is 8. The van der Waals surface area contributed by atoms with E-state index >= 15 is 0 Å². The molecule has 0 aliphatic carbocycles. The number of anilines is 1. The number of hydrogen-bond donors (Lipinski definition) is 2. The third-order valence-corrected chi connectivity index (χ3v) is 3.85. The molecule has 2 amide bonds. The van der Waals surface area contributed by atoms with Crippen molar-refractivity contribution in [2.75, 3.05) is 19.0 Å². The second-order valence-corrected chi connectivity index (χ2v) is 6.00. The minimum Gasteiger partial charge on any atom is -0.493 e. The van der Waals surface area contributed by atoms with Gasteiger partial charge in [-0.3, -0.25) is 9.59 Å². The average molecular weight is 392 g/mol. The van der Waals surface area contributed by atoms with Crippen LogP contribution in [-0.4, -0.2) is 35.3 Å². The molecule has 0 saturated heterocycles. The van der Waals surface area contributed by atoms with Gasteiger partial charge in [-0.2, -0.15) is 5.10 Å². The summed E-state index contributed by atoms with van der Waals surface area (Å²) in [5.41, 5.74) is 7.29. The first-order chi connectivity index (χ1) is 14.0. The largest absolute Gasteiger partial charge is 0.493 e. The van der Waals surface area contributed by atoms with Crippen LogP contribution in [0.2, 0.25) is 0 Å². The van der Waals surface area contributed by atoms with E-state index in [0.717, 1.165) is 11.3 Å². The summed E-state index contributed by atoms with van der Waals surface area (Å²) >= 11 is 0. The van der Waals surface area contributed by atoms with Crippen LogP contribution in [0.25, 0.3) is 11.8 Å². The summed E-state index contributed by atoms with van der Waals surface area (Å²) in [5, 5.41) is 7.00. The van der Waals surface area contributed by atoms with Crippen LogP contribution < -0.4 is 20.5 Å². The lowest BCUT2D eigenvalue weighted by Crippen LogP contribution is -2.20. The molecule has 148 valence electrons. The molecule has 3 N–H and O–H groups in total. The Labute approximate surface area is 167 Å². The van der Waals surface area contributed by atoms with Gasteiger partial charge in [0.15, 0.2) is 18.1 Å². The normalized spacial score (nSPS) is 10.7. The van der Waals surface area contributed by atoms with Crippen LogP contribution in [-0.2, 0) is 9.59 Å². The zero-order chi connectivity index (χ0) is 20.6. The predicted molar refractivity (Wildman–Crippen MR) is 109 cm³/mol. The molecule has 29 heavy (non-hydrogen) atoms. The van der Waals surface area contributed by atoms with Gasteiger partial charge in [0.25, 0.3) is 5.91 Å². The Kier molecular flexibility index (Phi) is 6.26. The van der Waals surface area contributed by atoms with Crippen LogP contribution >= 0.6 is 0 Å². The molecular formula is C21H20N4O4. The van der Waals surface area contributed by atoms with Gasteiger partial charge in [0.05, 0.1) is 19.0 Å². The van der Waals surface area contributed by atoms with Crippen LogP contribution in [0.5, 0.6) is 11.5 Å². The SMILES string of the molecule is COc1ccc(NC(=O)/C=C/c2cnn(-c3ccccc3)c2)cc1OCC(N)=O. The molecule has 0 aliphatic rings. The smallest absolute Gasteiger partial charge is 0.255 e. The predicted octanol–water partition coefficient (Wildman–Crippen LogP) is 2.40. The Morgan fingerprint density at radius 3 is 2.69 bits per heavy atom. The number of nitrogens with two attached hydrogens (primary N) is 1. The number of para-hydroxylation sites is 1. The number of hydrogen-bond acceptors (Lipinski definition) is 5. The molecule has 0 fully saturated rings. The lowest BCUT2D eigenvalue weighted by atomic mass is 10.2. The van der Waals surface area contributed by atoms with Gasteiger partial charge in [-0.1, -0.05) is 18.2 Å². The Hall–Kier alpha value is -4.07. The number of nitrogens with zero attached hydrogens (tertiary/aromatic N) is 2. The maximum absolute atomic E-state index is 12.2. The Morgan fingerprint density at radius 2 is 1.97 bits per heavy atom. The summed E-state index contributed by atoms with van der Waals surface area (Å²) in [6, 6.07) is 14.5. The van der Waals surface area contributed by atoms with Crippen molar-refractivity contribution in [3.63, 3.8) is 0 Å². The van der Waals surface area contributed by atoms with E-state index in [1.54, 1.807) is 35.2 Å². The summed E-state index contributed by atoms with van der Waals surface area (Å²) in [4.78, 5) is 23.1. The first-order valence-electron chi connectivity index (χ1n) is 8.73. The fourth-order valence-corrected chi connectivity index (χ4v) is 2.52. The van der Waals surface area contributed by atoms with Crippen molar-refractivity contribution in [2.45, 2.75) is 0 Å². The third kappa shape index (κ3) is 5.46. The van der Waals surface area contributed by atoms with Gasteiger partial charge in [0, 0.05) is 29.6 Å². The van der Waals surface area contributed by atoms with Crippen molar-refractivity contribution < 1.29 is 19.1 Å². The summed E-state index contributed by atoms with van der Waals surface area (Å²) < 4.78 is 12.2. The molecule has 3 rings (SSSR count). The maximum atomic E-state index is 12.2. The number of benzene rings is 2. The standard InChI is InChI=1S/C21H20N4O4/c1-28-18-9-8-16(11-19(18)29-14-20(22)26)24-21(27)10-7-15-12-23-25(13-15)17-5-3-2-4-6-17/h2-13H,14H2,1H3,(H2,22,26)(H,24,27)/b10-7+. The fourth-order valence-electron chi connectivity index (χ4n) is 2.52. The number of carbonyl (C=O) groups excluding carboxylic acids is 2. The fraction of sp³-hybridized carbons (Fsp3) is 0.0952. The van der Waals surface area contributed by atoms with E-state index in [-0.39, 0.29) is 12.5 Å². The number of carbonyl (C=O) groups is 2. The number of methoxy groups -OCH3 is 1. The van der Waals surface area contributed by atoms with Gasteiger partial charge in [-0.05, 0) is 30.3 Å². The Bertz CT molecular complexity index is 1030. The molecule has 0 aliphatic heterocycles. The van der Waals surface area contributed by atoms with E-state index in [0.29, 0.717) is 17.2 Å². The van der Waals surface area contributed by atoms with Crippen LogP contribution in [0, 0.1) is 0 Å². The molecule has 0 radical (unpaired) electrons. The molecule has 8 nitrogen and oxygen atoms in total.